The summed E-state index contributed by atoms with van der Waals surface area (Å²) in [6, 6.07) is 9.91. The highest BCUT2D eigenvalue weighted by Gasteiger charge is 2.17. The molecule has 1 aliphatic rings. The van der Waals surface area contributed by atoms with E-state index in [1.165, 1.54) is 36.3 Å². The number of amides is 1. The van der Waals surface area contributed by atoms with Gasteiger partial charge in [0.15, 0.2) is 0 Å². The maximum absolute atomic E-state index is 13.1. The van der Waals surface area contributed by atoms with E-state index in [0.29, 0.717) is 21.3 Å². The topological polar surface area (TPSA) is 58.1 Å². The van der Waals surface area contributed by atoms with Crippen molar-refractivity contribution in [2.75, 3.05) is 23.3 Å². The van der Waals surface area contributed by atoms with Crippen LogP contribution >= 0.6 is 11.3 Å². The second kappa shape index (κ2) is 7.44. The number of aromatic nitrogens is 2. The van der Waals surface area contributed by atoms with E-state index in [2.05, 4.69) is 20.2 Å². The largest absolute Gasteiger partial charge is 0.357 e. The van der Waals surface area contributed by atoms with Crippen LogP contribution < -0.4 is 10.2 Å². The highest BCUT2D eigenvalue weighted by Crippen LogP contribution is 2.29. The van der Waals surface area contributed by atoms with E-state index in [4.69, 9.17) is 0 Å². The Balaban J connectivity index is 1.49. The van der Waals surface area contributed by atoms with Gasteiger partial charge in [0, 0.05) is 18.7 Å². The maximum Gasteiger partial charge on any atom is 0.267 e. The summed E-state index contributed by atoms with van der Waals surface area (Å²) in [5, 5.41) is 3.58. The Labute approximate surface area is 160 Å². The van der Waals surface area contributed by atoms with Crippen LogP contribution in [0.3, 0.4) is 0 Å². The molecule has 4 rings (SSSR count). The molecule has 0 bridgehead atoms. The summed E-state index contributed by atoms with van der Waals surface area (Å²) in [6.07, 6.45) is 4.07. The Morgan fingerprint density at radius 1 is 1.15 bits per heavy atom. The zero-order chi connectivity index (χ0) is 18.8. The van der Waals surface area contributed by atoms with Gasteiger partial charge in [-0.05, 0) is 56.2 Å². The van der Waals surface area contributed by atoms with Crippen molar-refractivity contribution in [3.05, 3.63) is 59.0 Å². The average Bonchev–Trinajstić information content (AvgIpc) is 3.33. The summed E-state index contributed by atoms with van der Waals surface area (Å²) in [5.41, 5.74) is 2.10. The number of hydrogen-bond acceptors (Lipinski definition) is 5. The van der Waals surface area contributed by atoms with Crippen LogP contribution in [0.15, 0.2) is 42.6 Å². The van der Waals surface area contributed by atoms with Crippen molar-refractivity contribution in [1.82, 2.24) is 9.97 Å². The van der Waals surface area contributed by atoms with Gasteiger partial charge in [-0.3, -0.25) is 4.79 Å². The zero-order valence-electron chi connectivity index (χ0n) is 14.9. The average molecular weight is 382 g/mol. The smallest absolute Gasteiger partial charge is 0.267 e. The van der Waals surface area contributed by atoms with E-state index in [0.717, 1.165) is 24.5 Å². The minimum absolute atomic E-state index is 0.214. The van der Waals surface area contributed by atoms with E-state index in [-0.39, 0.29) is 11.7 Å². The second-order valence-electron chi connectivity index (χ2n) is 6.49. The minimum Gasteiger partial charge on any atom is -0.357 e. The zero-order valence-corrected chi connectivity index (χ0v) is 15.7. The molecule has 0 atom stereocenters. The molecule has 1 N–H and O–H groups in total. The molecular weight excluding hydrogens is 363 g/mol. The van der Waals surface area contributed by atoms with E-state index in [9.17, 15) is 9.18 Å². The summed E-state index contributed by atoms with van der Waals surface area (Å²) < 4.78 is 13.1. The number of nitrogens with zero attached hydrogens (tertiary/aromatic N) is 3. The van der Waals surface area contributed by atoms with Gasteiger partial charge in [0.05, 0.1) is 17.6 Å². The molecule has 1 amide bonds. The third-order valence-corrected chi connectivity index (χ3v) is 5.74. The molecule has 0 radical (unpaired) electrons. The van der Waals surface area contributed by atoms with Crippen LogP contribution in [0.1, 0.15) is 28.2 Å². The molecule has 27 heavy (non-hydrogen) atoms. The van der Waals surface area contributed by atoms with Crippen molar-refractivity contribution in [3.63, 3.8) is 0 Å². The minimum atomic E-state index is -0.296. The molecule has 5 nitrogen and oxygen atoms in total. The van der Waals surface area contributed by atoms with Gasteiger partial charge in [-0.2, -0.15) is 0 Å². The number of rotatable bonds is 4. The van der Waals surface area contributed by atoms with Gasteiger partial charge in [0.2, 0.25) is 0 Å². The van der Waals surface area contributed by atoms with Crippen molar-refractivity contribution < 1.29 is 9.18 Å². The van der Waals surface area contributed by atoms with Gasteiger partial charge in [-0.25, -0.2) is 14.4 Å². The predicted molar refractivity (Wildman–Crippen MR) is 106 cm³/mol. The van der Waals surface area contributed by atoms with Crippen molar-refractivity contribution in [1.29, 1.82) is 0 Å². The van der Waals surface area contributed by atoms with Gasteiger partial charge in [0.1, 0.15) is 21.5 Å². The Morgan fingerprint density at radius 2 is 1.89 bits per heavy atom. The highest BCUT2D eigenvalue weighted by atomic mass is 32.1. The molecule has 3 heterocycles. The molecule has 0 saturated carbocycles. The standard InChI is InChI=1S/C20H19FN4OS/c1-13-18(27-20(23-13)14-4-6-15(21)7-5-14)19(26)24-16-8-9-17(22-12-16)25-10-2-3-11-25/h4-9,12H,2-3,10-11H2,1H3,(H,24,26). The fourth-order valence-corrected chi connectivity index (χ4v) is 4.07. The van der Waals surface area contributed by atoms with E-state index < -0.39 is 0 Å². The molecular formula is C20H19FN4OS. The van der Waals surface area contributed by atoms with Crippen molar-refractivity contribution in [2.45, 2.75) is 19.8 Å². The SMILES string of the molecule is Cc1nc(-c2ccc(F)cc2)sc1C(=O)Nc1ccc(N2CCCC2)nc1. The van der Waals surface area contributed by atoms with Crippen LogP contribution in [0, 0.1) is 12.7 Å². The summed E-state index contributed by atoms with van der Waals surface area (Å²) >= 11 is 1.30. The first kappa shape index (κ1) is 17.6. The molecule has 1 fully saturated rings. The van der Waals surface area contributed by atoms with Gasteiger partial charge in [-0.1, -0.05) is 0 Å². The lowest BCUT2D eigenvalue weighted by Crippen LogP contribution is -2.19. The van der Waals surface area contributed by atoms with Crippen LogP contribution in [-0.2, 0) is 0 Å². The number of nitrogens with one attached hydrogen (secondary N) is 1. The third-order valence-electron chi connectivity index (χ3n) is 4.53. The van der Waals surface area contributed by atoms with Crippen LogP contribution in [0.2, 0.25) is 0 Å². The Kier molecular flexibility index (Phi) is 4.85. The molecule has 138 valence electrons. The fourth-order valence-electron chi connectivity index (χ4n) is 3.10. The molecule has 0 aliphatic carbocycles. The molecule has 1 aromatic carbocycles. The quantitative estimate of drug-likeness (QED) is 0.722. The van der Waals surface area contributed by atoms with Crippen LogP contribution in [-0.4, -0.2) is 29.0 Å². The molecule has 1 aliphatic heterocycles. The maximum atomic E-state index is 13.1. The summed E-state index contributed by atoms with van der Waals surface area (Å²) in [5.74, 6) is 0.432. The number of carbonyl (C=O) groups excluding carboxylic acids is 1. The molecule has 7 heteroatoms. The number of anilines is 2. The van der Waals surface area contributed by atoms with Gasteiger partial charge in [-0.15, -0.1) is 11.3 Å². The predicted octanol–water partition coefficient (Wildman–Crippen LogP) is 4.51. The lowest BCUT2D eigenvalue weighted by atomic mass is 10.2. The molecule has 3 aromatic rings. The normalized spacial score (nSPS) is 13.8. The monoisotopic (exact) mass is 382 g/mol. The Hall–Kier alpha value is -2.80. The number of thiazole rings is 1. The van der Waals surface area contributed by atoms with Crippen LogP contribution in [0.5, 0.6) is 0 Å². The van der Waals surface area contributed by atoms with Crippen molar-refractivity contribution >= 4 is 28.7 Å². The molecule has 0 spiro atoms. The number of carbonyl (C=O) groups is 1. The first-order chi connectivity index (χ1) is 13.1. The third kappa shape index (κ3) is 3.83. The lowest BCUT2D eigenvalue weighted by Gasteiger charge is -2.16. The summed E-state index contributed by atoms with van der Waals surface area (Å²) in [6.45, 7) is 3.86. The second-order valence-corrected chi connectivity index (χ2v) is 7.49. The number of benzene rings is 1. The summed E-state index contributed by atoms with van der Waals surface area (Å²) in [4.78, 5) is 24.3. The number of halogens is 1. The highest BCUT2D eigenvalue weighted by molar-refractivity contribution is 7.17. The van der Waals surface area contributed by atoms with E-state index in [1.807, 2.05) is 12.1 Å². The number of hydrogen-bond donors (Lipinski definition) is 1. The Bertz CT molecular complexity index is 947. The summed E-state index contributed by atoms with van der Waals surface area (Å²) in [7, 11) is 0. The van der Waals surface area contributed by atoms with Crippen molar-refractivity contribution in [2.24, 2.45) is 0 Å². The first-order valence-electron chi connectivity index (χ1n) is 8.86. The number of aryl methyl sites for hydroxylation is 1. The molecule has 2 aromatic heterocycles. The Morgan fingerprint density at radius 3 is 2.56 bits per heavy atom. The molecule has 1 saturated heterocycles. The fraction of sp³-hybridized carbons (Fsp3) is 0.250. The van der Waals surface area contributed by atoms with Gasteiger partial charge in [0.25, 0.3) is 5.91 Å². The first-order valence-corrected chi connectivity index (χ1v) is 9.67. The van der Waals surface area contributed by atoms with E-state index in [1.54, 1.807) is 25.3 Å². The van der Waals surface area contributed by atoms with Gasteiger partial charge >= 0.3 is 0 Å². The van der Waals surface area contributed by atoms with Gasteiger partial charge < -0.3 is 10.2 Å². The van der Waals surface area contributed by atoms with Crippen molar-refractivity contribution in [3.8, 4) is 10.6 Å². The lowest BCUT2D eigenvalue weighted by molar-refractivity contribution is 0.103. The van der Waals surface area contributed by atoms with Crippen LogP contribution in [0.4, 0.5) is 15.9 Å². The number of pyridine rings is 1. The van der Waals surface area contributed by atoms with E-state index >= 15 is 0 Å². The van der Waals surface area contributed by atoms with Crippen LogP contribution in [0.25, 0.3) is 10.6 Å². The molecule has 0 unspecified atom stereocenters.